The van der Waals surface area contributed by atoms with Crippen LogP contribution in [0.1, 0.15) is 21.7 Å². The molecule has 0 spiro atoms. The summed E-state index contributed by atoms with van der Waals surface area (Å²) in [4.78, 5) is 25.7. The Morgan fingerprint density at radius 3 is 2.30 bits per heavy atom. The van der Waals surface area contributed by atoms with Crippen molar-refractivity contribution in [2.45, 2.75) is 13.0 Å². The summed E-state index contributed by atoms with van der Waals surface area (Å²) < 4.78 is 0. The molecule has 3 heterocycles. The first kappa shape index (κ1) is 18.1. The van der Waals surface area contributed by atoms with Crippen LogP contribution in [-0.4, -0.2) is 37.7 Å². The van der Waals surface area contributed by atoms with E-state index < -0.39 is 0 Å². The van der Waals surface area contributed by atoms with E-state index in [4.69, 9.17) is 0 Å². The molecular weight excluding hydrogens is 378 g/mol. The van der Waals surface area contributed by atoms with Gasteiger partial charge in [0, 0.05) is 35.9 Å². The summed E-state index contributed by atoms with van der Waals surface area (Å²) in [6, 6.07) is 21.3. The molecule has 1 aliphatic heterocycles. The van der Waals surface area contributed by atoms with Crippen LogP contribution in [0.25, 0.3) is 22.4 Å². The quantitative estimate of drug-likeness (QED) is 0.556. The van der Waals surface area contributed by atoms with E-state index in [0.717, 1.165) is 28.1 Å². The fourth-order valence-corrected chi connectivity index (χ4v) is 3.78. The number of nitrogens with zero attached hydrogens (tertiary/aromatic N) is 3. The van der Waals surface area contributed by atoms with Crippen LogP contribution in [0.5, 0.6) is 0 Å². The third kappa shape index (κ3) is 3.30. The van der Waals surface area contributed by atoms with Gasteiger partial charge in [0.25, 0.3) is 11.5 Å². The molecule has 0 atom stereocenters. The van der Waals surface area contributed by atoms with Gasteiger partial charge in [0.2, 0.25) is 0 Å². The van der Waals surface area contributed by atoms with Crippen molar-refractivity contribution >= 4 is 5.91 Å². The van der Waals surface area contributed by atoms with E-state index in [1.54, 1.807) is 4.90 Å². The minimum Gasteiger partial charge on any atom is -0.332 e. The van der Waals surface area contributed by atoms with Gasteiger partial charge in [-0.15, -0.1) is 0 Å². The second kappa shape index (κ2) is 7.44. The minimum absolute atomic E-state index is 0.205. The van der Waals surface area contributed by atoms with Crippen molar-refractivity contribution in [1.29, 1.82) is 0 Å². The lowest BCUT2D eigenvalue weighted by molar-refractivity contribution is 0.0727. The van der Waals surface area contributed by atoms with Gasteiger partial charge in [-0.05, 0) is 17.2 Å². The Hall–Kier alpha value is -4.00. The molecule has 1 amide bonds. The molecule has 4 aromatic rings. The van der Waals surface area contributed by atoms with E-state index in [-0.39, 0.29) is 17.2 Å². The first-order valence-electron chi connectivity index (χ1n) is 9.76. The van der Waals surface area contributed by atoms with E-state index >= 15 is 0 Å². The van der Waals surface area contributed by atoms with Crippen molar-refractivity contribution in [3.8, 4) is 22.4 Å². The van der Waals surface area contributed by atoms with Gasteiger partial charge < -0.3 is 4.90 Å². The maximum atomic E-state index is 12.8. The second-order valence-electron chi connectivity index (χ2n) is 7.26. The van der Waals surface area contributed by atoms with Gasteiger partial charge in [-0.2, -0.15) is 10.2 Å². The van der Waals surface area contributed by atoms with Crippen molar-refractivity contribution in [3.63, 3.8) is 0 Å². The smallest absolute Gasteiger partial charge is 0.274 e. The van der Waals surface area contributed by atoms with Crippen molar-refractivity contribution in [2.24, 2.45) is 0 Å². The van der Waals surface area contributed by atoms with Crippen LogP contribution in [0.15, 0.2) is 71.5 Å². The van der Waals surface area contributed by atoms with Crippen LogP contribution in [0, 0.1) is 0 Å². The van der Waals surface area contributed by atoms with Crippen molar-refractivity contribution in [2.75, 3.05) is 6.54 Å². The lowest BCUT2D eigenvalue weighted by Crippen LogP contribution is -2.36. The molecule has 0 fully saturated rings. The number of hydrogen-bond donors (Lipinski definition) is 2. The molecule has 2 aromatic carbocycles. The average molecular weight is 397 g/mol. The third-order valence-electron chi connectivity index (χ3n) is 5.38. The predicted molar refractivity (Wildman–Crippen MR) is 113 cm³/mol. The fourth-order valence-electron chi connectivity index (χ4n) is 3.78. The normalized spacial score (nSPS) is 13.1. The minimum atomic E-state index is -0.330. The Morgan fingerprint density at radius 1 is 0.833 bits per heavy atom. The van der Waals surface area contributed by atoms with E-state index in [1.807, 2.05) is 18.2 Å². The van der Waals surface area contributed by atoms with Crippen molar-refractivity contribution < 1.29 is 4.79 Å². The van der Waals surface area contributed by atoms with Gasteiger partial charge in [0.05, 0.1) is 12.2 Å². The summed E-state index contributed by atoms with van der Waals surface area (Å²) in [6.45, 7) is 1.02. The number of H-pyrrole nitrogens is 2. The van der Waals surface area contributed by atoms with Gasteiger partial charge in [-0.25, -0.2) is 5.10 Å². The second-order valence-corrected chi connectivity index (χ2v) is 7.26. The Morgan fingerprint density at radius 2 is 1.57 bits per heavy atom. The van der Waals surface area contributed by atoms with E-state index in [1.165, 1.54) is 17.7 Å². The lowest BCUT2D eigenvalue weighted by atomic mass is 9.98. The van der Waals surface area contributed by atoms with E-state index in [9.17, 15) is 9.59 Å². The molecule has 0 radical (unpaired) electrons. The summed E-state index contributed by atoms with van der Waals surface area (Å²) in [5.41, 5.74) is 6.14. The molecule has 0 unspecified atom stereocenters. The number of aromatic amines is 2. The van der Waals surface area contributed by atoms with Crippen LogP contribution in [-0.2, 0) is 13.0 Å². The molecule has 7 nitrogen and oxygen atoms in total. The van der Waals surface area contributed by atoms with E-state index in [0.29, 0.717) is 19.5 Å². The molecule has 0 saturated heterocycles. The molecule has 5 rings (SSSR count). The summed E-state index contributed by atoms with van der Waals surface area (Å²) in [6.07, 6.45) is 0.694. The largest absolute Gasteiger partial charge is 0.332 e. The lowest BCUT2D eigenvalue weighted by Gasteiger charge is -2.26. The molecular formula is C23H19N5O2. The van der Waals surface area contributed by atoms with Crippen molar-refractivity contribution in [1.82, 2.24) is 25.3 Å². The Bertz CT molecular complexity index is 1240. The molecule has 7 heteroatoms. The number of benzene rings is 2. The number of carbonyl (C=O) groups excluding carboxylic acids is 1. The molecule has 0 saturated carbocycles. The van der Waals surface area contributed by atoms with Crippen LogP contribution in [0.2, 0.25) is 0 Å². The SMILES string of the molecule is O=C(c1ccc(=O)[nH]n1)N1CCc2[nH]nc(-c3ccc(-c4ccccc4)cc3)c2C1. The summed E-state index contributed by atoms with van der Waals surface area (Å²) in [7, 11) is 0. The first-order valence-corrected chi connectivity index (χ1v) is 9.76. The number of rotatable bonds is 3. The van der Waals surface area contributed by atoms with Crippen LogP contribution in [0.4, 0.5) is 0 Å². The number of fused-ring (bicyclic) bond motifs is 1. The standard InChI is InChI=1S/C23H19N5O2/c29-21-11-10-20(25-26-21)23(30)28-13-12-19-18(14-28)22(27-24-19)17-8-6-16(7-9-17)15-4-2-1-3-5-15/h1-11H,12-14H2,(H,24,27)(H,26,29). The summed E-state index contributed by atoms with van der Waals surface area (Å²) >= 11 is 0. The van der Waals surface area contributed by atoms with Gasteiger partial charge in [0.15, 0.2) is 0 Å². The monoisotopic (exact) mass is 397 g/mol. The Labute approximate surface area is 172 Å². The number of aromatic nitrogens is 4. The van der Waals surface area contributed by atoms with Gasteiger partial charge in [-0.3, -0.25) is 14.7 Å². The zero-order chi connectivity index (χ0) is 20.5. The number of carbonyl (C=O) groups is 1. The highest BCUT2D eigenvalue weighted by Gasteiger charge is 2.27. The molecule has 0 bridgehead atoms. The zero-order valence-electron chi connectivity index (χ0n) is 16.1. The predicted octanol–water partition coefficient (Wildman–Crippen LogP) is 3.03. The summed E-state index contributed by atoms with van der Waals surface area (Å²) in [5.74, 6) is -0.205. The fraction of sp³-hybridized carbons (Fsp3) is 0.130. The van der Waals surface area contributed by atoms with Gasteiger partial charge >= 0.3 is 0 Å². The molecule has 30 heavy (non-hydrogen) atoms. The summed E-state index contributed by atoms with van der Waals surface area (Å²) in [5, 5.41) is 13.8. The average Bonchev–Trinajstić information content (AvgIpc) is 3.23. The highest BCUT2D eigenvalue weighted by atomic mass is 16.2. The van der Waals surface area contributed by atoms with E-state index in [2.05, 4.69) is 56.8 Å². The Kier molecular flexibility index (Phi) is 4.48. The Balaban J connectivity index is 1.41. The molecule has 2 aromatic heterocycles. The maximum absolute atomic E-state index is 12.8. The maximum Gasteiger partial charge on any atom is 0.274 e. The first-order chi connectivity index (χ1) is 14.7. The zero-order valence-corrected chi connectivity index (χ0v) is 16.1. The highest BCUT2D eigenvalue weighted by molar-refractivity contribution is 5.92. The molecule has 0 aliphatic carbocycles. The topological polar surface area (TPSA) is 94.7 Å². The molecule has 2 N–H and O–H groups in total. The number of nitrogens with one attached hydrogen (secondary N) is 2. The van der Waals surface area contributed by atoms with Crippen LogP contribution in [0.3, 0.4) is 0 Å². The molecule has 1 aliphatic rings. The van der Waals surface area contributed by atoms with Crippen LogP contribution >= 0.6 is 0 Å². The number of hydrogen-bond acceptors (Lipinski definition) is 4. The third-order valence-corrected chi connectivity index (χ3v) is 5.38. The van der Waals surface area contributed by atoms with Crippen LogP contribution < -0.4 is 5.56 Å². The highest BCUT2D eigenvalue weighted by Crippen LogP contribution is 2.30. The molecule has 148 valence electrons. The van der Waals surface area contributed by atoms with Gasteiger partial charge in [-0.1, -0.05) is 54.6 Å². The van der Waals surface area contributed by atoms with Gasteiger partial charge in [0.1, 0.15) is 5.69 Å². The van der Waals surface area contributed by atoms with Crippen molar-refractivity contribution in [3.05, 3.63) is 94.0 Å². The number of amides is 1.